The molecule has 0 aliphatic carbocycles. The van der Waals surface area contributed by atoms with Crippen molar-refractivity contribution in [2.45, 2.75) is 38.7 Å². The lowest BCUT2D eigenvalue weighted by Crippen LogP contribution is -2.46. The van der Waals surface area contributed by atoms with E-state index in [-0.39, 0.29) is 34.0 Å². The largest absolute Gasteiger partial charge is 0.456 e. The number of carbonyl (C=O) groups excluding carboxylic acids is 2. The summed E-state index contributed by atoms with van der Waals surface area (Å²) in [7, 11) is 0. The molecule has 0 radical (unpaired) electrons. The number of nitrogens with zero attached hydrogens (tertiary/aromatic N) is 1. The maximum absolute atomic E-state index is 14.0. The van der Waals surface area contributed by atoms with Gasteiger partial charge in [-0.1, -0.05) is 0 Å². The second kappa shape index (κ2) is 5.84. The van der Waals surface area contributed by atoms with Gasteiger partial charge in [0.15, 0.2) is 5.41 Å². The molecule has 3 N–H and O–H groups in total. The molecule has 27 heavy (non-hydrogen) atoms. The van der Waals surface area contributed by atoms with Crippen molar-refractivity contribution in [3.8, 4) is 6.07 Å². The van der Waals surface area contributed by atoms with Crippen LogP contribution in [0.2, 0.25) is 0 Å². The molecule has 1 atom stereocenters. The van der Waals surface area contributed by atoms with Crippen LogP contribution in [0.1, 0.15) is 33.3 Å². The predicted molar refractivity (Wildman–Crippen MR) is 93.2 cm³/mol. The van der Waals surface area contributed by atoms with Gasteiger partial charge in [-0.3, -0.25) is 4.79 Å². The number of amides is 1. The van der Waals surface area contributed by atoms with Gasteiger partial charge >= 0.3 is 5.97 Å². The molecule has 0 aromatic heterocycles. The number of benzene rings is 1. The molecule has 0 saturated heterocycles. The maximum atomic E-state index is 14.0. The van der Waals surface area contributed by atoms with Crippen molar-refractivity contribution < 1.29 is 23.5 Å². The number of fused-ring (bicyclic) bond motifs is 2. The van der Waals surface area contributed by atoms with Gasteiger partial charge in [-0.2, -0.15) is 5.26 Å². The number of allylic oxidation sites excluding steroid dienone is 1. The Kier molecular flexibility index (Phi) is 3.99. The number of esters is 1. The lowest BCUT2D eigenvalue weighted by atomic mass is 9.68. The van der Waals surface area contributed by atoms with Gasteiger partial charge in [0.05, 0.1) is 0 Å². The normalized spacial score (nSPS) is 21.6. The van der Waals surface area contributed by atoms with Crippen LogP contribution < -0.4 is 11.1 Å². The van der Waals surface area contributed by atoms with Gasteiger partial charge < -0.3 is 20.5 Å². The van der Waals surface area contributed by atoms with Gasteiger partial charge in [-0.25, -0.2) is 9.18 Å². The lowest BCUT2D eigenvalue weighted by Gasteiger charge is -2.35. The van der Waals surface area contributed by atoms with Gasteiger partial charge in [0.25, 0.3) is 0 Å². The first kappa shape index (κ1) is 18.5. The molecule has 2 heterocycles. The van der Waals surface area contributed by atoms with Crippen LogP contribution in [0.15, 0.2) is 41.0 Å². The predicted octanol–water partition coefficient (Wildman–Crippen LogP) is 2.36. The van der Waals surface area contributed by atoms with E-state index in [9.17, 15) is 19.2 Å². The van der Waals surface area contributed by atoms with E-state index in [1.807, 2.05) is 6.07 Å². The van der Waals surface area contributed by atoms with Crippen LogP contribution in [0.25, 0.3) is 0 Å². The summed E-state index contributed by atoms with van der Waals surface area (Å²) >= 11 is 0. The topological polar surface area (TPSA) is 114 Å². The lowest BCUT2D eigenvalue weighted by molar-refractivity contribution is -0.151. The maximum Gasteiger partial charge on any atom is 0.339 e. The van der Waals surface area contributed by atoms with E-state index in [1.54, 1.807) is 20.8 Å². The number of carbonyl (C=O) groups is 2. The number of hydrogen-bond acceptors (Lipinski definition) is 6. The van der Waals surface area contributed by atoms with E-state index in [2.05, 4.69) is 5.32 Å². The minimum Gasteiger partial charge on any atom is -0.456 e. The molecule has 3 rings (SSSR count). The minimum absolute atomic E-state index is 0.00742. The summed E-state index contributed by atoms with van der Waals surface area (Å²) in [5.74, 6) is -2.51. The van der Waals surface area contributed by atoms with Gasteiger partial charge in [-0.05, 0) is 45.9 Å². The Morgan fingerprint density at radius 3 is 2.67 bits per heavy atom. The standard InChI is InChI=1S/C19H18FN3O4/c1-9-14(16(24)27-18(2,3)4)19(12(8-21)15(22)26-9)11-7-10(20)5-6-13(11)23-17(19)25/h5-7H,22H2,1-4H3,(H,23,25)/t19-/m1/s1. The molecule has 1 spiro atoms. The highest BCUT2D eigenvalue weighted by molar-refractivity contribution is 6.17. The third-order valence-corrected chi connectivity index (χ3v) is 4.30. The average molecular weight is 371 g/mol. The number of nitrogens with two attached hydrogens (primary N) is 1. The monoisotopic (exact) mass is 371 g/mol. The van der Waals surface area contributed by atoms with Gasteiger partial charge in [0, 0.05) is 11.3 Å². The van der Waals surface area contributed by atoms with E-state index in [0.717, 1.165) is 6.07 Å². The molecule has 1 amide bonds. The third kappa shape index (κ3) is 2.63. The van der Waals surface area contributed by atoms with Crippen LogP contribution in [0, 0.1) is 17.1 Å². The molecular formula is C19H18FN3O4. The van der Waals surface area contributed by atoms with Crippen LogP contribution in [0.5, 0.6) is 0 Å². The summed E-state index contributed by atoms with van der Waals surface area (Å²) in [6.07, 6.45) is 0. The van der Waals surface area contributed by atoms with Crippen molar-refractivity contribution in [3.63, 3.8) is 0 Å². The van der Waals surface area contributed by atoms with Crippen molar-refractivity contribution in [1.29, 1.82) is 5.26 Å². The molecule has 0 unspecified atom stereocenters. The minimum atomic E-state index is -1.94. The molecule has 2 aliphatic rings. The van der Waals surface area contributed by atoms with Crippen LogP contribution in [0.3, 0.4) is 0 Å². The van der Waals surface area contributed by atoms with E-state index in [0.29, 0.717) is 0 Å². The van der Waals surface area contributed by atoms with E-state index in [1.165, 1.54) is 19.1 Å². The number of nitriles is 1. The van der Waals surface area contributed by atoms with Crippen molar-refractivity contribution in [2.75, 3.05) is 5.32 Å². The molecule has 1 aromatic carbocycles. The van der Waals surface area contributed by atoms with Crippen LogP contribution in [0.4, 0.5) is 10.1 Å². The molecule has 0 fully saturated rings. The first-order valence-electron chi connectivity index (χ1n) is 8.16. The fraction of sp³-hybridized carbons (Fsp3) is 0.316. The molecule has 8 heteroatoms. The second-order valence-electron chi connectivity index (χ2n) is 7.28. The summed E-state index contributed by atoms with van der Waals surface area (Å²) < 4.78 is 24.8. The van der Waals surface area contributed by atoms with Gasteiger partial charge in [0.1, 0.15) is 34.4 Å². The summed E-state index contributed by atoms with van der Waals surface area (Å²) in [6, 6.07) is 5.48. The molecule has 0 bridgehead atoms. The third-order valence-electron chi connectivity index (χ3n) is 4.30. The van der Waals surface area contributed by atoms with Gasteiger partial charge in [0.2, 0.25) is 11.8 Å². The molecule has 7 nitrogen and oxygen atoms in total. The summed E-state index contributed by atoms with van der Waals surface area (Å²) in [4.78, 5) is 26.1. The SMILES string of the molecule is CC1=C(C(=O)OC(C)(C)C)[C@]2(C(=O)Nc3ccc(F)cc32)C(C#N)=C(N)O1. The Morgan fingerprint density at radius 2 is 2.07 bits per heavy atom. The zero-order valence-corrected chi connectivity index (χ0v) is 15.3. The molecular weight excluding hydrogens is 353 g/mol. The van der Waals surface area contributed by atoms with Crippen molar-refractivity contribution in [3.05, 3.63) is 52.4 Å². The fourth-order valence-corrected chi connectivity index (χ4v) is 3.38. The van der Waals surface area contributed by atoms with Gasteiger partial charge in [-0.15, -0.1) is 0 Å². The Morgan fingerprint density at radius 1 is 1.41 bits per heavy atom. The number of ether oxygens (including phenoxy) is 2. The molecule has 0 saturated carbocycles. The Bertz CT molecular complexity index is 982. The highest BCUT2D eigenvalue weighted by Crippen LogP contribution is 2.52. The molecule has 140 valence electrons. The van der Waals surface area contributed by atoms with Crippen molar-refractivity contribution in [1.82, 2.24) is 0 Å². The smallest absolute Gasteiger partial charge is 0.339 e. The second-order valence-corrected chi connectivity index (χ2v) is 7.28. The van der Waals surface area contributed by atoms with E-state index < -0.39 is 28.7 Å². The molecule has 1 aromatic rings. The summed E-state index contributed by atoms with van der Waals surface area (Å²) in [5, 5.41) is 12.3. The molecule has 2 aliphatic heterocycles. The Labute approximate surface area is 155 Å². The number of halogens is 1. The highest BCUT2D eigenvalue weighted by Gasteiger charge is 2.60. The zero-order chi connectivity index (χ0) is 20.1. The Hall–Kier alpha value is -3.34. The first-order chi connectivity index (χ1) is 12.5. The van der Waals surface area contributed by atoms with Crippen molar-refractivity contribution >= 4 is 17.6 Å². The van der Waals surface area contributed by atoms with E-state index >= 15 is 0 Å². The number of hydrogen-bond donors (Lipinski definition) is 2. The summed E-state index contributed by atoms with van der Waals surface area (Å²) in [5.41, 5.74) is 2.93. The quantitative estimate of drug-likeness (QED) is 0.733. The number of anilines is 1. The zero-order valence-electron chi connectivity index (χ0n) is 15.3. The highest BCUT2D eigenvalue weighted by atomic mass is 19.1. The van der Waals surface area contributed by atoms with Crippen LogP contribution >= 0.6 is 0 Å². The Balaban J connectivity index is 2.36. The van der Waals surface area contributed by atoms with Crippen molar-refractivity contribution in [2.24, 2.45) is 5.73 Å². The fourth-order valence-electron chi connectivity index (χ4n) is 3.38. The average Bonchev–Trinajstić information content (AvgIpc) is 2.79. The summed E-state index contributed by atoms with van der Waals surface area (Å²) in [6.45, 7) is 6.42. The first-order valence-corrected chi connectivity index (χ1v) is 8.16. The van der Waals surface area contributed by atoms with Crippen LogP contribution in [-0.4, -0.2) is 17.5 Å². The number of nitrogens with one attached hydrogen (secondary N) is 1. The van der Waals surface area contributed by atoms with E-state index in [4.69, 9.17) is 15.2 Å². The number of rotatable bonds is 1. The van der Waals surface area contributed by atoms with Crippen LogP contribution in [-0.2, 0) is 24.5 Å².